The number of carbonyl (C=O) groups is 2. The molecule has 0 saturated heterocycles. The van der Waals surface area contributed by atoms with E-state index in [0.29, 0.717) is 40.3 Å². The Balaban J connectivity index is 1.57. The minimum atomic E-state index is -0.363. The maximum Gasteiger partial charge on any atom is 0.260 e. The molecule has 2 aromatic rings. The van der Waals surface area contributed by atoms with Gasteiger partial charge in [-0.05, 0) is 49.8 Å². The van der Waals surface area contributed by atoms with Gasteiger partial charge in [-0.15, -0.1) is 0 Å². The quantitative estimate of drug-likeness (QED) is 0.818. The van der Waals surface area contributed by atoms with Gasteiger partial charge in [-0.1, -0.05) is 30.6 Å². The normalized spacial score (nSPS) is 23.6. The van der Waals surface area contributed by atoms with Crippen LogP contribution in [0.15, 0.2) is 22.7 Å². The van der Waals surface area contributed by atoms with Crippen molar-refractivity contribution in [1.82, 2.24) is 10.1 Å². The van der Waals surface area contributed by atoms with Crippen LogP contribution in [0.3, 0.4) is 0 Å². The molecule has 1 heterocycles. The fourth-order valence-electron chi connectivity index (χ4n) is 3.94. The lowest BCUT2D eigenvalue weighted by Crippen LogP contribution is -2.53. The van der Waals surface area contributed by atoms with Gasteiger partial charge in [0.1, 0.15) is 5.78 Å². The van der Waals surface area contributed by atoms with Crippen molar-refractivity contribution in [1.29, 1.82) is 0 Å². The van der Waals surface area contributed by atoms with E-state index in [1.807, 2.05) is 13.8 Å². The average molecular weight is 388 g/mol. The molecule has 1 amide bonds. The summed E-state index contributed by atoms with van der Waals surface area (Å²) in [6.45, 7) is 5.51. The summed E-state index contributed by atoms with van der Waals surface area (Å²) in [5.74, 6) is 1.16. The Morgan fingerprint density at radius 3 is 2.63 bits per heavy atom. The second-order valence-corrected chi connectivity index (χ2v) is 8.62. The van der Waals surface area contributed by atoms with E-state index in [2.05, 4.69) is 15.5 Å². The zero-order chi connectivity index (χ0) is 19.3. The van der Waals surface area contributed by atoms with Gasteiger partial charge in [0.2, 0.25) is 5.91 Å². The number of nitrogens with zero attached hydrogens (tertiary/aromatic N) is 2. The van der Waals surface area contributed by atoms with Crippen LogP contribution in [0.1, 0.15) is 51.8 Å². The maximum atomic E-state index is 12.9. The van der Waals surface area contributed by atoms with Crippen molar-refractivity contribution < 1.29 is 14.1 Å². The van der Waals surface area contributed by atoms with Crippen LogP contribution in [-0.2, 0) is 9.59 Å². The molecule has 1 aromatic heterocycles. The van der Waals surface area contributed by atoms with Gasteiger partial charge in [0, 0.05) is 22.8 Å². The van der Waals surface area contributed by atoms with Gasteiger partial charge in [-0.2, -0.15) is 4.98 Å². The monoisotopic (exact) mass is 387 g/mol. The summed E-state index contributed by atoms with van der Waals surface area (Å²) in [6.07, 6.45) is 2.73. The Labute approximate surface area is 162 Å². The topological polar surface area (TPSA) is 85.1 Å². The van der Waals surface area contributed by atoms with Crippen LogP contribution < -0.4 is 5.32 Å². The molecule has 2 aliphatic carbocycles. The van der Waals surface area contributed by atoms with Crippen molar-refractivity contribution in [2.24, 2.45) is 17.3 Å². The fourth-order valence-corrected chi connectivity index (χ4v) is 4.11. The van der Waals surface area contributed by atoms with Gasteiger partial charge >= 0.3 is 0 Å². The third-order valence-corrected chi connectivity index (χ3v) is 6.16. The summed E-state index contributed by atoms with van der Waals surface area (Å²) >= 11 is 6.14. The first kappa shape index (κ1) is 18.2. The van der Waals surface area contributed by atoms with Crippen molar-refractivity contribution in [2.75, 3.05) is 5.32 Å². The SMILES string of the molecule is CC(=O)[C@@H]1C[C@H](C(=O)Nc2cc(Cl)ccc2-c2nc(C3CC3)no2)C1(C)C. The molecular formula is C20H22ClN3O3. The number of Topliss-reactive ketones (excluding diaryl/α,β-unsaturated/α-hetero) is 1. The van der Waals surface area contributed by atoms with Gasteiger partial charge in [0.15, 0.2) is 5.82 Å². The number of carbonyl (C=O) groups excluding carboxylic acids is 2. The number of nitrogens with one attached hydrogen (secondary N) is 1. The molecule has 0 aliphatic heterocycles. The second kappa shape index (κ2) is 6.44. The Hall–Kier alpha value is -2.21. The highest BCUT2D eigenvalue weighted by atomic mass is 35.5. The van der Waals surface area contributed by atoms with Crippen LogP contribution in [0.25, 0.3) is 11.5 Å². The summed E-state index contributed by atoms with van der Waals surface area (Å²) in [4.78, 5) is 29.1. The summed E-state index contributed by atoms with van der Waals surface area (Å²) in [7, 11) is 0. The number of hydrogen-bond acceptors (Lipinski definition) is 5. The molecule has 0 spiro atoms. The van der Waals surface area contributed by atoms with Gasteiger partial charge in [0.05, 0.1) is 11.3 Å². The van der Waals surface area contributed by atoms with E-state index in [1.54, 1.807) is 25.1 Å². The Morgan fingerprint density at radius 1 is 1.26 bits per heavy atom. The number of anilines is 1. The molecule has 0 radical (unpaired) electrons. The third-order valence-electron chi connectivity index (χ3n) is 5.93. The zero-order valence-corrected chi connectivity index (χ0v) is 16.3. The van der Waals surface area contributed by atoms with E-state index >= 15 is 0 Å². The highest BCUT2D eigenvalue weighted by molar-refractivity contribution is 6.31. The molecule has 2 aliphatic rings. The molecule has 2 atom stereocenters. The molecule has 0 bridgehead atoms. The number of halogens is 1. The minimum absolute atomic E-state index is 0.0795. The molecule has 142 valence electrons. The second-order valence-electron chi connectivity index (χ2n) is 8.18. The Kier molecular flexibility index (Phi) is 4.34. The minimum Gasteiger partial charge on any atom is -0.334 e. The van der Waals surface area contributed by atoms with Crippen LogP contribution in [0.5, 0.6) is 0 Å². The average Bonchev–Trinajstić information content (AvgIpc) is 3.31. The van der Waals surface area contributed by atoms with Gasteiger partial charge in [-0.25, -0.2) is 0 Å². The summed E-state index contributed by atoms with van der Waals surface area (Å²) in [5.41, 5.74) is 0.825. The van der Waals surface area contributed by atoms with E-state index < -0.39 is 0 Å². The van der Waals surface area contributed by atoms with Crippen molar-refractivity contribution in [2.45, 2.75) is 46.0 Å². The smallest absolute Gasteiger partial charge is 0.260 e. The third kappa shape index (κ3) is 3.27. The van der Waals surface area contributed by atoms with Crippen LogP contribution in [-0.4, -0.2) is 21.8 Å². The lowest BCUT2D eigenvalue weighted by atomic mass is 9.53. The molecule has 6 nitrogen and oxygen atoms in total. The van der Waals surface area contributed by atoms with Crippen LogP contribution in [0, 0.1) is 17.3 Å². The van der Waals surface area contributed by atoms with Crippen molar-refractivity contribution in [3.63, 3.8) is 0 Å². The lowest BCUT2D eigenvalue weighted by Gasteiger charge is -2.49. The molecule has 1 aromatic carbocycles. The van der Waals surface area contributed by atoms with Crippen LogP contribution in [0.4, 0.5) is 5.69 Å². The number of hydrogen-bond donors (Lipinski definition) is 1. The Bertz CT molecular complexity index is 917. The van der Waals surface area contributed by atoms with Crippen LogP contribution in [0.2, 0.25) is 5.02 Å². The fraction of sp³-hybridized carbons (Fsp3) is 0.500. The highest BCUT2D eigenvalue weighted by Crippen LogP contribution is 2.52. The van der Waals surface area contributed by atoms with Crippen LogP contribution >= 0.6 is 11.6 Å². The maximum absolute atomic E-state index is 12.9. The summed E-state index contributed by atoms with van der Waals surface area (Å²) < 4.78 is 5.40. The van der Waals surface area contributed by atoms with Crippen molar-refractivity contribution in [3.05, 3.63) is 29.0 Å². The predicted molar refractivity (Wildman–Crippen MR) is 101 cm³/mol. The molecule has 1 N–H and O–H groups in total. The number of amides is 1. The zero-order valence-electron chi connectivity index (χ0n) is 15.6. The number of benzene rings is 1. The molecule has 2 fully saturated rings. The van der Waals surface area contributed by atoms with E-state index in [-0.39, 0.29) is 28.9 Å². The predicted octanol–water partition coefficient (Wildman–Crippen LogP) is 4.46. The molecule has 2 saturated carbocycles. The number of ketones is 1. The summed E-state index contributed by atoms with van der Waals surface area (Å²) in [5, 5.41) is 7.51. The first-order valence-corrected chi connectivity index (χ1v) is 9.60. The Morgan fingerprint density at radius 2 is 2.00 bits per heavy atom. The van der Waals surface area contributed by atoms with Crippen molar-refractivity contribution >= 4 is 29.0 Å². The standard InChI is InChI=1S/C20H22ClN3O3/c1-10(25)14-9-15(20(14,2)3)18(26)22-16-8-12(21)6-7-13(16)19-23-17(24-27-19)11-4-5-11/h6-8,11,14-15H,4-5,9H2,1-3H3,(H,22,26)/t14-,15+/m0/s1. The summed E-state index contributed by atoms with van der Waals surface area (Å²) in [6, 6.07) is 5.18. The highest BCUT2D eigenvalue weighted by Gasteiger charge is 2.53. The van der Waals surface area contributed by atoms with Gasteiger partial charge in [-0.3, -0.25) is 9.59 Å². The first-order chi connectivity index (χ1) is 12.8. The van der Waals surface area contributed by atoms with Gasteiger partial charge in [0.25, 0.3) is 5.89 Å². The number of aromatic nitrogens is 2. The van der Waals surface area contributed by atoms with E-state index in [4.69, 9.17) is 16.1 Å². The largest absolute Gasteiger partial charge is 0.334 e. The van der Waals surface area contributed by atoms with E-state index in [1.165, 1.54) is 0 Å². The molecule has 4 rings (SSSR count). The van der Waals surface area contributed by atoms with E-state index in [0.717, 1.165) is 12.8 Å². The molecule has 27 heavy (non-hydrogen) atoms. The number of rotatable bonds is 5. The van der Waals surface area contributed by atoms with E-state index in [9.17, 15) is 9.59 Å². The molecule has 0 unspecified atom stereocenters. The van der Waals surface area contributed by atoms with Gasteiger partial charge < -0.3 is 9.84 Å². The molecule has 7 heteroatoms. The molecular weight excluding hydrogens is 366 g/mol. The van der Waals surface area contributed by atoms with Crippen molar-refractivity contribution in [3.8, 4) is 11.5 Å². The lowest BCUT2D eigenvalue weighted by molar-refractivity contribution is -0.145. The first-order valence-electron chi connectivity index (χ1n) is 9.22.